The van der Waals surface area contributed by atoms with Crippen LogP contribution in [0.4, 0.5) is 0 Å². The summed E-state index contributed by atoms with van der Waals surface area (Å²) in [5.41, 5.74) is 1.22. The summed E-state index contributed by atoms with van der Waals surface area (Å²) >= 11 is 0. The molecule has 1 aromatic heterocycles. The fourth-order valence-electron chi connectivity index (χ4n) is 1.28. The first kappa shape index (κ1) is 11.2. The average molecular weight is 196 g/mol. The molecular weight excluding hydrogens is 176 g/mol. The third-order valence-electron chi connectivity index (χ3n) is 2.91. The second-order valence-electron chi connectivity index (χ2n) is 4.00. The number of nitrogens with zero attached hydrogens (tertiary/aromatic N) is 3. The highest BCUT2D eigenvalue weighted by molar-refractivity contribution is 4.93. The Balaban J connectivity index is 2.47. The van der Waals surface area contributed by atoms with Gasteiger partial charge in [0, 0.05) is 25.3 Å². The maximum Gasteiger partial charge on any atom is 0.0964 e. The van der Waals surface area contributed by atoms with Gasteiger partial charge in [-0.05, 0) is 19.8 Å². The zero-order valence-corrected chi connectivity index (χ0v) is 9.54. The number of aromatic nitrogens is 3. The zero-order valence-electron chi connectivity index (χ0n) is 9.54. The van der Waals surface area contributed by atoms with Gasteiger partial charge in [-0.15, -0.1) is 5.10 Å². The van der Waals surface area contributed by atoms with Gasteiger partial charge in [0.25, 0.3) is 0 Å². The molecule has 0 saturated heterocycles. The molecule has 0 aliphatic heterocycles. The van der Waals surface area contributed by atoms with Crippen molar-refractivity contribution in [2.45, 2.75) is 45.7 Å². The number of aryl methyl sites for hydroxylation is 1. The molecule has 0 aliphatic rings. The Morgan fingerprint density at radius 3 is 2.50 bits per heavy atom. The van der Waals surface area contributed by atoms with E-state index in [1.807, 2.05) is 13.2 Å². The van der Waals surface area contributed by atoms with Crippen LogP contribution in [0.25, 0.3) is 0 Å². The second kappa shape index (κ2) is 4.55. The van der Waals surface area contributed by atoms with Crippen LogP contribution in [-0.2, 0) is 13.6 Å². The van der Waals surface area contributed by atoms with Crippen molar-refractivity contribution >= 4 is 0 Å². The van der Waals surface area contributed by atoms with Crippen LogP contribution in [0.1, 0.15) is 39.3 Å². The Labute approximate surface area is 85.7 Å². The molecule has 1 aromatic rings. The van der Waals surface area contributed by atoms with Crippen molar-refractivity contribution in [3.05, 3.63) is 11.9 Å². The van der Waals surface area contributed by atoms with E-state index in [1.54, 1.807) is 4.68 Å². The van der Waals surface area contributed by atoms with E-state index in [1.165, 1.54) is 0 Å². The molecule has 14 heavy (non-hydrogen) atoms. The van der Waals surface area contributed by atoms with Crippen LogP contribution in [0.5, 0.6) is 0 Å². The third kappa shape index (κ3) is 2.80. The highest BCUT2D eigenvalue weighted by Gasteiger charge is 2.18. The summed E-state index contributed by atoms with van der Waals surface area (Å²) in [4.78, 5) is 0. The van der Waals surface area contributed by atoms with Crippen molar-refractivity contribution in [1.29, 1.82) is 0 Å². The molecule has 1 heterocycles. The molecule has 0 amide bonds. The standard InChI is InChI=1S/C10H20N4/c1-5-10(3,6-2)11-7-9-8-14(4)13-12-9/h8,11H,5-7H2,1-4H3. The molecule has 4 heteroatoms. The molecule has 0 bridgehead atoms. The van der Waals surface area contributed by atoms with E-state index in [9.17, 15) is 0 Å². The Kier molecular flexibility index (Phi) is 3.63. The highest BCUT2D eigenvalue weighted by Crippen LogP contribution is 2.13. The fourth-order valence-corrected chi connectivity index (χ4v) is 1.28. The smallest absolute Gasteiger partial charge is 0.0964 e. The lowest BCUT2D eigenvalue weighted by molar-refractivity contribution is 0.327. The van der Waals surface area contributed by atoms with Gasteiger partial charge < -0.3 is 5.32 Å². The first-order valence-corrected chi connectivity index (χ1v) is 5.20. The minimum Gasteiger partial charge on any atom is -0.306 e. The summed E-state index contributed by atoms with van der Waals surface area (Å²) < 4.78 is 1.73. The lowest BCUT2D eigenvalue weighted by atomic mass is 9.95. The second-order valence-corrected chi connectivity index (χ2v) is 4.00. The summed E-state index contributed by atoms with van der Waals surface area (Å²) in [6.45, 7) is 7.44. The Morgan fingerprint density at radius 1 is 1.43 bits per heavy atom. The van der Waals surface area contributed by atoms with Crippen LogP contribution < -0.4 is 5.32 Å². The fraction of sp³-hybridized carbons (Fsp3) is 0.800. The number of nitrogens with one attached hydrogen (secondary N) is 1. The van der Waals surface area contributed by atoms with Crippen molar-refractivity contribution in [3.8, 4) is 0 Å². The van der Waals surface area contributed by atoms with E-state index in [2.05, 4.69) is 36.4 Å². The first-order valence-electron chi connectivity index (χ1n) is 5.20. The molecule has 0 unspecified atom stereocenters. The lowest BCUT2D eigenvalue weighted by Crippen LogP contribution is -2.40. The Hall–Kier alpha value is -0.900. The monoisotopic (exact) mass is 196 g/mol. The molecule has 0 spiro atoms. The molecule has 1 N–H and O–H groups in total. The number of rotatable bonds is 5. The van der Waals surface area contributed by atoms with Crippen molar-refractivity contribution in [3.63, 3.8) is 0 Å². The van der Waals surface area contributed by atoms with Crippen molar-refractivity contribution in [1.82, 2.24) is 20.3 Å². The Bertz CT molecular complexity index is 275. The van der Waals surface area contributed by atoms with Gasteiger partial charge in [0.05, 0.1) is 5.69 Å². The molecule has 0 radical (unpaired) electrons. The van der Waals surface area contributed by atoms with Gasteiger partial charge in [0.1, 0.15) is 0 Å². The van der Waals surface area contributed by atoms with Gasteiger partial charge in [-0.3, -0.25) is 4.68 Å². The summed E-state index contributed by atoms with van der Waals surface area (Å²) in [6.07, 6.45) is 4.20. The van der Waals surface area contributed by atoms with Gasteiger partial charge in [0.2, 0.25) is 0 Å². The third-order valence-corrected chi connectivity index (χ3v) is 2.91. The van der Waals surface area contributed by atoms with Crippen LogP contribution in [-0.4, -0.2) is 20.5 Å². The highest BCUT2D eigenvalue weighted by atomic mass is 15.4. The van der Waals surface area contributed by atoms with Crippen LogP contribution in [0.3, 0.4) is 0 Å². The molecule has 0 aromatic carbocycles. The van der Waals surface area contributed by atoms with Crippen LogP contribution >= 0.6 is 0 Å². The zero-order chi connectivity index (χ0) is 10.6. The van der Waals surface area contributed by atoms with Crippen molar-refractivity contribution in [2.24, 2.45) is 7.05 Å². The number of hydrogen-bond acceptors (Lipinski definition) is 3. The average Bonchev–Trinajstić information content (AvgIpc) is 2.61. The van der Waals surface area contributed by atoms with E-state index in [-0.39, 0.29) is 5.54 Å². The normalized spacial score (nSPS) is 12.0. The van der Waals surface area contributed by atoms with E-state index < -0.39 is 0 Å². The van der Waals surface area contributed by atoms with Crippen LogP contribution in [0.2, 0.25) is 0 Å². The summed E-state index contributed by atoms with van der Waals surface area (Å²) in [7, 11) is 1.88. The Morgan fingerprint density at radius 2 is 2.07 bits per heavy atom. The van der Waals surface area contributed by atoms with Crippen LogP contribution in [0, 0.1) is 0 Å². The lowest BCUT2D eigenvalue weighted by Gasteiger charge is -2.27. The SMILES string of the molecule is CCC(C)(CC)NCc1cn(C)nn1. The van der Waals surface area contributed by atoms with Crippen LogP contribution in [0.15, 0.2) is 6.20 Å². The van der Waals surface area contributed by atoms with Gasteiger partial charge in [-0.1, -0.05) is 19.1 Å². The van der Waals surface area contributed by atoms with E-state index in [4.69, 9.17) is 0 Å². The van der Waals surface area contributed by atoms with E-state index in [0.717, 1.165) is 25.1 Å². The van der Waals surface area contributed by atoms with Crippen molar-refractivity contribution < 1.29 is 0 Å². The maximum absolute atomic E-state index is 4.04. The minimum absolute atomic E-state index is 0.220. The topological polar surface area (TPSA) is 42.7 Å². The molecule has 1 rings (SSSR count). The molecule has 4 nitrogen and oxygen atoms in total. The van der Waals surface area contributed by atoms with Gasteiger partial charge in [0.15, 0.2) is 0 Å². The van der Waals surface area contributed by atoms with E-state index >= 15 is 0 Å². The molecule has 0 atom stereocenters. The predicted molar refractivity (Wildman–Crippen MR) is 56.8 cm³/mol. The van der Waals surface area contributed by atoms with Gasteiger partial charge in [-0.2, -0.15) is 0 Å². The quantitative estimate of drug-likeness (QED) is 0.775. The molecular formula is C10H20N4. The molecule has 0 saturated carbocycles. The summed E-state index contributed by atoms with van der Waals surface area (Å²) in [6, 6.07) is 0. The molecule has 80 valence electrons. The van der Waals surface area contributed by atoms with Gasteiger partial charge >= 0.3 is 0 Å². The number of hydrogen-bond donors (Lipinski definition) is 1. The molecule has 0 fully saturated rings. The van der Waals surface area contributed by atoms with Crippen molar-refractivity contribution in [2.75, 3.05) is 0 Å². The first-order chi connectivity index (χ1) is 6.59. The largest absolute Gasteiger partial charge is 0.306 e. The summed E-state index contributed by atoms with van der Waals surface area (Å²) in [5, 5.41) is 11.4. The minimum atomic E-state index is 0.220. The maximum atomic E-state index is 4.04. The predicted octanol–water partition coefficient (Wildman–Crippen LogP) is 1.48. The molecule has 0 aliphatic carbocycles. The summed E-state index contributed by atoms with van der Waals surface area (Å²) in [5.74, 6) is 0. The van der Waals surface area contributed by atoms with Gasteiger partial charge in [-0.25, -0.2) is 0 Å². The van der Waals surface area contributed by atoms with E-state index in [0.29, 0.717) is 0 Å².